The SMILES string of the molecule is COCCCN(C)C(=O)N(C)C(=O)c1c(Cl)cc(OC)c(O)c1[N+](=O)[O-]. The molecule has 0 saturated heterocycles. The molecule has 0 atom stereocenters. The van der Waals surface area contributed by atoms with Gasteiger partial charge in [-0.05, 0) is 6.42 Å². The van der Waals surface area contributed by atoms with Crippen LogP contribution in [0.1, 0.15) is 16.8 Å². The quantitative estimate of drug-likeness (QED) is 0.430. The molecule has 0 bridgehead atoms. The molecule has 1 rings (SSSR count). The average Bonchev–Trinajstić information content (AvgIpc) is 2.60. The highest BCUT2D eigenvalue weighted by molar-refractivity contribution is 6.35. The van der Waals surface area contributed by atoms with Gasteiger partial charge in [0.15, 0.2) is 5.75 Å². The van der Waals surface area contributed by atoms with E-state index in [2.05, 4.69) is 0 Å². The van der Waals surface area contributed by atoms with Gasteiger partial charge in [0.05, 0.1) is 17.1 Å². The van der Waals surface area contributed by atoms with Crippen molar-refractivity contribution >= 4 is 29.2 Å². The predicted molar refractivity (Wildman–Crippen MR) is 92.9 cm³/mol. The Morgan fingerprint density at radius 3 is 2.46 bits per heavy atom. The van der Waals surface area contributed by atoms with Crippen LogP contribution in [0.2, 0.25) is 5.02 Å². The summed E-state index contributed by atoms with van der Waals surface area (Å²) in [5.74, 6) is -2.13. The molecule has 1 aromatic rings. The van der Waals surface area contributed by atoms with Crippen LogP contribution in [0.5, 0.6) is 11.5 Å². The number of carbonyl (C=O) groups is 2. The fourth-order valence-corrected chi connectivity index (χ4v) is 2.46. The van der Waals surface area contributed by atoms with Crippen molar-refractivity contribution in [2.75, 3.05) is 41.5 Å². The topological polar surface area (TPSA) is 122 Å². The van der Waals surface area contributed by atoms with Gasteiger partial charge in [-0.2, -0.15) is 0 Å². The number of hydrogen-bond donors (Lipinski definition) is 1. The Labute approximate surface area is 155 Å². The zero-order valence-electron chi connectivity index (χ0n) is 14.8. The van der Waals surface area contributed by atoms with Crippen LogP contribution in [0.4, 0.5) is 10.5 Å². The second-order valence-corrected chi connectivity index (χ2v) is 5.71. The molecule has 1 N–H and O–H groups in total. The van der Waals surface area contributed by atoms with Crippen LogP contribution in [0.25, 0.3) is 0 Å². The number of benzene rings is 1. The molecule has 0 aliphatic rings. The predicted octanol–water partition coefficient (Wildman–Crippen LogP) is 2.12. The molecular weight excluding hydrogens is 370 g/mol. The lowest BCUT2D eigenvalue weighted by atomic mass is 10.1. The van der Waals surface area contributed by atoms with Crippen molar-refractivity contribution in [3.8, 4) is 11.5 Å². The van der Waals surface area contributed by atoms with Crippen molar-refractivity contribution in [2.45, 2.75) is 6.42 Å². The maximum atomic E-state index is 12.6. The third-order valence-corrected chi connectivity index (χ3v) is 3.87. The normalized spacial score (nSPS) is 10.3. The third-order valence-electron chi connectivity index (χ3n) is 3.57. The Morgan fingerprint density at radius 2 is 1.96 bits per heavy atom. The first kappa shape index (κ1) is 21.5. The number of urea groups is 1. The number of rotatable bonds is 7. The first-order valence-corrected chi connectivity index (χ1v) is 7.81. The lowest BCUT2D eigenvalue weighted by Gasteiger charge is -2.24. The van der Waals surface area contributed by atoms with E-state index in [0.29, 0.717) is 24.5 Å². The number of imide groups is 1. The minimum atomic E-state index is -1.02. The zero-order chi connectivity index (χ0) is 20.0. The number of methoxy groups -OCH3 is 2. The minimum Gasteiger partial charge on any atom is -0.499 e. The number of ether oxygens (including phenoxy) is 2. The van der Waals surface area contributed by atoms with Gasteiger partial charge in [0.25, 0.3) is 5.91 Å². The largest absolute Gasteiger partial charge is 0.499 e. The van der Waals surface area contributed by atoms with Crippen molar-refractivity contribution in [3.05, 3.63) is 26.8 Å². The van der Waals surface area contributed by atoms with Gasteiger partial charge in [0.1, 0.15) is 5.56 Å². The molecule has 11 heteroatoms. The maximum Gasteiger partial charge on any atom is 0.328 e. The van der Waals surface area contributed by atoms with E-state index in [4.69, 9.17) is 21.1 Å². The van der Waals surface area contributed by atoms with E-state index < -0.39 is 33.9 Å². The molecule has 0 unspecified atom stereocenters. The average molecular weight is 390 g/mol. The molecule has 0 spiro atoms. The first-order chi connectivity index (χ1) is 12.2. The Balaban J connectivity index is 3.22. The van der Waals surface area contributed by atoms with E-state index in [1.165, 1.54) is 33.2 Å². The highest BCUT2D eigenvalue weighted by Crippen LogP contribution is 2.43. The Morgan fingerprint density at radius 1 is 1.35 bits per heavy atom. The molecule has 0 aliphatic heterocycles. The minimum absolute atomic E-state index is 0.260. The summed E-state index contributed by atoms with van der Waals surface area (Å²) in [6.07, 6.45) is 0.547. The summed E-state index contributed by atoms with van der Waals surface area (Å²) in [5, 5.41) is 21.0. The third kappa shape index (κ3) is 4.52. The maximum absolute atomic E-state index is 12.6. The van der Waals surface area contributed by atoms with Crippen LogP contribution in [0.3, 0.4) is 0 Å². The van der Waals surface area contributed by atoms with E-state index in [0.717, 1.165) is 6.07 Å². The van der Waals surface area contributed by atoms with E-state index in [1.54, 1.807) is 0 Å². The van der Waals surface area contributed by atoms with Gasteiger partial charge in [-0.1, -0.05) is 11.6 Å². The number of nitrogens with zero attached hydrogens (tertiary/aromatic N) is 3. The lowest BCUT2D eigenvalue weighted by Crippen LogP contribution is -2.43. The summed E-state index contributed by atoms with van der Waals surface area (Å²) in [5.41, 5.74) is -1.53. The summed E-state index contributed by atoms with van der Waals surface area (Å²) in [6.45, 7) is 0.743. The van der Waals surface area contributed by atoms with Crippen molar-refractivity contribution in [2.24, 2.45) is 0 Å². The molecule has 0 heterocycles. The summed E-state index contributed by atoms with van der Waals surface area (Å²) in [4.78, 5) is 37.3. The fourth-order valence-electron chi connectivity index (χ4n) is 2.19. The molecule has 26 heavy (non-hydrogen) atoms. The van der Waals surface area contributed by atoms with Gasteiger partial charge >= 0.3 is 11.7 Å². The molecule has 0 aromatic heterocycles. The summed E-state index contributed by atoms with van der Waals surface area (Å²) < 4.78 is 9.69. The molecule has 144 valence electrons. The standard InChI is InChI=1S/C15H20ClN3O7/c1-17(6-5-7-25-3)15(22)18(2)14(21)11-9(16)8-10(26-4)13(20)12(11)19(23)24/h8,20H,5-7H2,1-4H3. The van der Waals surface area contributed by atoms with Crippen molar-refractivity contribution in [1.29, 1.82) is 0 Å². The van der Waals surface area contributed by atoms with Crippen molar-refractivity contribution < 1.29 is 29.1 Å². The van der Waals surface area contributed by atoms with E-state index in [-0.39, 0.29) is 10.8 Å². The van der Waals surface area contributed by atoms with Gasteiger partial charge in [-0.3, -0.25) is 19.8 Å². The second-order valence-electron chi connectivity index (χ2n) is 5.30. The highest BCUT2D eigenvalue weighted by atomic mass is 35.5. The first-order valence-electron chi connectivity index (χ1n) is 7.43. The van der Waals surface area contributed by atoms with Gasteiger partial charge in [0, 0.05) is 40.4 Å². The number of nitro benzene ring substituents is 1. The smallest absolute Gasteiger partial charge is 0.328 e. The molecule has 0 radical (unpaired) electrons. The number of phenolic OH excluding ortho intramolecular Hbond substituents is 1. The zero-order valence-corrected chi connectivity index (χ0v) is 15.6. The Kier molecular flexibility index (Phi) is 7.59. The summed E-state index contributed by atoms with van der Waals surface area (Å²) in [7, 11) is 5.35. The molecular formula is C15H20ClN3O7. The molecule has 10 nitrogen and oxygen atoms in total. The van der Waals surface area contributed by atoms with Gasteiger partial charge in [-0.15, -0.1) is 0 Å². The number of hydrogen-bond acceptors (Lipinski definition) is 7. The van der Waals surface area contributed by atoms with Crippen molar-refractivity contribution in [3.63, 3.8) is 0 Å². The van der Waals surface area contributed by atoms with E-state index >= 15 is 0 Å². The number of amides is 3. The van der Waals surface area contributed by atoms with Crippen LogP contribution in [0.15, 0.2) is 6.07 Å². The molecule has 0 saturated carbocycles. The Bertz CT molecular complexity index is 711. The Hall–Kier alpha value is -2.59. The van der Waals surface area contributed by atoms with Crippen LogP contribution >= 0.6 is 11.6 Å². The van der Waals surface area contributed by atoms with E-state index in [9.17, 15) is 24.8 Å². The van der Waals surface area contributed by atoms with Gasteiger partial charge < -0.3 is 19.5 Å². The highest BCUT2D eigenvalue weighted by Gasteiger charge is 2.35. The number of halogens is 1. The monoisotopic (exact) mass is 389 g/mol. The van der Waals surface area contributed by atoms with Gasteiger partial charge in [0.2, 0.25) is 5.75 Å². The number of aromatic hydroxyl groups is 1. The van der Waals surface area contributed by atoms with E-state index in [1.807, 2.05) is 0 Å². The summed E-state index contributed by atoms with van der Waals surface area (Å²) >= 11 is 5.97. The molecule has 0 aliphatic carbocycles. The number of carbonyl (C=O) groups excluding carboxylic acids is 2. The number of phenols is 1. The molecule has 0 fully saturated rings. The lowest BCUT2D eigenvalue weighted by molar-refractivity contribution is -0.386. The van der Waals surface area contributed by atoms with Crippen LogP contribution in [-0.4, -0.2) is 73.2 Å². The summed E-state index contributed by atoms with van der Waals surface area (Å²) in [6, 6.07) is 0.379. The van der Waals surface area contributed by atoms with Crippen LogP contribution in [-0.2, 0) is 4.74 Å². The molecule has 1 aromatic carbocycles. The van der Waals surface area contributed by atoms with Crippen LogP contribution < -0.4 is 4.74 Å². The fraction of sp³-hybridized carbons (Fsp3) is 0.467. The van der Waals surface area contributed by atoms with Crippen LogP contribution in [0, 0.1) is 10.1 Å². The number of nitro groups is 1. The van der Waals surface area contributed by atoms with Gasteiger partial charge in [-0.25, -0.2) is 4.79 Å². The molecule has 3 amide bonds. The van der Waals surface area contributed by atoms with Crippen molar-refractivity contribution in [1.82, 2.24) is 9.80 Å². The second kappa shape index (κ2) is 9.20.